The second kappa shape index (κ2) is 11.5. The average Bonchev–Trinajstić information content (AvgIpc) is 2.93. The minimum absolute atomic E-state index is 0.0382. The van der Waals surface area contributed by atoms with E-state index in [-0.39, 0.29) is 12.6 Å². The summed E-state index contributed by atoms with van der Waals surface area (Å²) < 4.78 is 8.65. The van der Waals surface area contributed by atoms with Crippen molar-refractivity contribution in [1.29, 1.82) is 0 Å². The third kappa shape index (κ3) is 6.20. The fourth-order valence-electron chi connectivity index (χ4n) is 2.25. The molecule has 0 aliphatic heterocycles. The van der Waals surface area contributed by atoms with Gasteiger partial charge in [-0.15, -0.1) is 0 Å². The van der Waals surface area contributed by atoms with Crippen LogP contribution >= 0.6 is 0 Å². The Morgan fingerprint density at radius 3 is 2.40 bits per heavy atom. The first-order chi connectivity index (χ1) is 9.72. The second-order valence-corrected chi connectivity index (χ2v) is 4.35. The summed E-state index contributed by atoms with van der Waals surface area (Å²) >= 11 is 0. The van der Waals surface area contributed by atoms with Gasteiger partial charge in [0, 0.05) is 7.11 Å². The summed E-state index contributed by atoms with van der Waals surface area (Å²) in [5, 5.41) is 0. The minimum Gasteiger partial charge on any atom is -0.467 e. The zero-order valence-electron chi connectivity index (χ0n) is 13.4. The Labute approximate surface area is 123 Å². The highest BCUT2D eigenvalue weighted by molar-refractivity contribution is 5.70. The molecule has 0 saturated carbocycles. The van der Waals surface area contributed by atoms with E-state index in [2.05, 4.69) is 40.7 Å². The number of benzene rings is 1. The van der Waals surface area contributed by atoms with Crippen molar-refractivity contribution >= 4 is 5.97 Å². The number of ether oxygens (including phenoxy) is 2. The molecular formula is C17H28O3. The summed E-state index contributed by atoms with van der Waals surface area (Å²) in [6, 6.07) is 8.87. The van der Waals surface area contributed by atoms with Gasteiger partial charge in [0.05, 0.1) is 7.11 Å². The van der Waals surface area contributed by atoms with Crippen LogP contribution in [-0.4, -0.2) is 26.8 Å². The topological polar surface area (TPSA) is 35.5 Å². The molecule has 0 N–H and O–H groups in total. The van der Waals surface area contributed by atoms with Gasteiger partial charge in [-0.05, 0) is 36.3 Å². The number of hydrogen-bond donors (Lipinski definition) is 0. The fourth-order valence-corrected chi connectivity index (χ4v) is 2.25. The van der Waals surface area contributed by atoms with Crippen LogP contribution in [0.2, 0.25) is 0 Å². The standard InChI is InChI=1S/C11H14.C4H8O3.C2H6/c1-2-9-7-8-10-5-3-4-6-11(9)10;1-6-3-4(5)7-2;1-2/h3-6,9H,2,7-8H2,1H3;3H2,1-2H3;1-2H3. The number of hydrogen-bond acceptors (Lipinski definition) is 3. The molecule has 0 fully saturated rings. The van der Waals surface area contributed by atoms with Crippen LogP contribution in [0.15, 0.2) is 24.3 Å². The maximum atomic E-state index is 10.1. The summed E-state index contributed by atoms with van der Waals surface area (Å²) in [5.74, 6) is 0.508. The number of rotatable bonds is 3. The van der Waals surface area contributed by atoms with E-state index in [1.807, 2.05) is 13.8 Å². The van der Waals surface area contributed by atoms with Crippen molar-refractivity contribution in [2.24, 2.45) is 0 Å². The fraction of sp³-hybridized carbons (Fsp3) is 0.588. The SMILES string of the molecule is CC.CCC1CCc2ccccc21.COCC(=O)OC. The number of fused-ring (bicyclic) bond motifs is 1. The van der Waals surface area contributed by atoms with Crippen LogP contribution in [-0.2, 0) is 20.7 Å². The molecule has 1 atom stereocenters. The summed E-state index contributed by atoms with van der Waals surface area (Å²) in [7, 11) is 2.76. The van der Waals surface area contributed by atoms with Gasteiger partial charge in [-0.2, -0.15) is 0 Å². The Morgan fingerprint density at radius 1 is 1.25 bits per heavy atom. The summed E-state index contributed by atoms with van der Waals surface area (Å²) in [6.45, 7) is 6.32. The molecule has 2 rings (SSSR count). The van der Waals surface area contributed by atoms with E-state index in [0.717, 1.165) is 5.92 Å². The van der Waals surface area contributed by atoms with Gasteiger partial charge >= 0.3 is 5.97 Å². The first kappa shape index (κ1) is 18.7. The van der Waals surface area contributed by atoms with Crippen molar-refractivity contribution in [3.63, 3.8) is 0 Å². The first-order valence-corrected chi connectivity index (χ1v) is 7.36. The van der Waals surface area contributed by atoms with Crippen molar-refractivity contribution in [3.8, 4) is 0 Å². The highest BCUT2D eigenvalue weighted by Crippen LogP contribution is 2.34. The number of esters is 1. The molecule has 0 amide bonds. The van der Waals surface area contributed by atoms with E-state index in [9.17, 15) is 4.79 Å². The average molecular weight is 280 g/mol. The van der Waals surface area contributed by atoms with Crippen molar-refractivity contribution in [1.82, 2.24) is 0 Å². The van der Waals surface area contributed by atoms with Gasteiger partial charge in [0.15, 0.2) is 0 Å². The Balaban J connectivity index is 0.000000352. The van der Waals surface area contributed by atoms with Gasteiger partial charge in [-0.25, -0.2) is 4.79 Å². The van der Waals surface area contributed by atoms with E-state index in [4.69, 9.17) is 0 Å². The zero-order valence-corrected chi connectivity index (χ0v) is 13.4. The van der Waals surface area contributed by atoms with E-state index >= 15 is 0 Å². The van der Waals surface area contributed by atoms with Crippen molar-refractivity contribution < 1.29 is 14.3 Å². The number of aryl methyl sites for hydroxylation is 1. The molecule has 0 heterocycles. The lowest BCUT2D eigenvalue weighted by atomic mass is 9.99. The van der Waals surface area contributed by atoms with Crippen LogP contribution in [0.25, 0.3) is 0 Å². The number of carbonyl (C=O) groups is 1. The lowest BCUT2D eigenvalue weighted by Gasteiger charge is -2.06. The molecule has 114 valence electrons. The largest absolute Gasteiger partial charge is 0.467 e. The molecule has 20 heavy (non-hydrogen) atoms. The highest BCUT2D eigenvalue weighted by Gasteiger charge is 2.19. The highest BCUT2D eigenvalue weighted by atomic mass is 16.6. The first-order valence-electron chi connectivity index (χ1n) is 7.36. The lowest BCUT2D eigenvalue weighted by molar-refractivity contribution is -0.144. The molecule has 1 aromatic rings. The molecule has 1 aromatic carbocycles. The molecule has 0 saturated heterocycles. The van der Waals surface area contributed by atoms with Gasteiger partial charge in [-0.1, -0.05) is 45.0 Å². The van der Waals surface area contributed by atoms with Gasteiger partial charge in [0.2, 0.25) is 0 Å². The second-order valence-electron chi connectivity index (χ2n) is 4.35. The predicted molar refractivity (Wildman–Crippen MR) is 83.0 cm³/mol. The molecular weight excluding hydrogens is 252 g/mol. The maximum Gasteiger partial charge on any atom is 0.331 e. The molecule has 0 spiro atoms. The normalized spacial score (nSPS) is 15.2. The van der Waals surface area contributed by atoms with Gasteiger partial charge in [-0.3, -0.25) is 0 Å². The molecule has 1 aliphatic carbocycles. The molecule has 1 unspecified atom stereocenters. The Hall–Kier alpha value is -1.35. The third-order valence-corrected chi connectivity index (χ3v) is 3.24. The van der Waals surface area contributed by atoms with Gasteiger partial charge in [0.1, 0.15) is 6.61 Å². The monoisotopic (exact) mass is 280 g/mol. The number of carbonyl (C=O) groups excluding carboxylic acids is 1. The third-order valence-electron chi connectivity index (χ3n) is 3.24. The van der Waals surface area contributed by atoms with Crippen molar-refractivity contribution in [2.45, 2.75) is 46.0 Å². The Kier molecular flexibility index (Phi) is 10.7. The quantitative estimate of drug-likeness (QED) is 0.786. The molecule has 3 heteroatoms. The Morgan fingerprint density at radius 2 is 1.90 bits per heavy atom. The zero-order chi connectivity index (χ0) is 15.4. The molecule has 0 aromatic heterocycles. The minimum atomic E-state index is -0.345. The van der Waals surface area contributed by atoms with Crippen LogP contribution in [0.5, 0.6) is 0 Å². The number of methoxy groups -OCH3 is 2. The summed E-state index contributed by atoms with van der Waals surface area (Å²) in [4.78, 5) is 10.1. The summed E-state index contributed by atoms with van der Waals surface area (Å²) in [5.41, 5.74) is 3.19. The van der Waals surface area contributed by atoms with E-state index in [0.29, 0.717) is 0 Å². The van der Waals surface area contributed by atoms with Gasteiger partial charge in [0.25, 0.3) is 0 Å². The molecule has 0 bridgehead atoms. The van der Waals surface area contributed by atoms with Crippen LogP contribution < -0.4 is 0 Å². The Bertz CT molecular complexity index is 374. The predicted octanol–water partition coefficient (Wildman–Crippen LogP) is 3.96. The van der Waals surface area contributed by atoms with Crippen LogP contribution in [0, 0.1) is 0 Å². The van der Waals surface area contributed by atoms with E-state index < -0.39 is 0 Å². The van der Waals surface area contributed by atoms with Crippen molar-refractivity contribution in [3.05, 3.63) is 35.4 Å². The molecule has 0 radical (unpaired) electrons. The van der Waals surface area contributed by atoms with Crippen molar-refractivity contribution in [2.75, 3.05) is 20.8 Å². The smallest absolute Gasteiger partial charge is 0.331 e. The molecule has 1 aliphatic rings. The maximum absolute atomic E-state index is 10.1. The van der Waals surface area contributed by atoms with Gasteiger partial charge < -0.3 is 9.47 Å². The summed E-state index contributed by atoms with van der Waals surface area (Å²) in [6.07, 6.45) is 3.97. The van der Waals surface area contributed by atoms with Crippen LogP contribution in [0.1, 0.15) is 50.7 Å². The van der Waals surface area contributed by atoms with Crippen LogP contribution in [0.4, 0.5) is 0 Å². The van der Waals surface area contributed by atoms with Crippen LogP contribution in [0.3, 0.4) is 0 Å². The lowest BCUT2D eigenvalue weighted by Crippen LogP contribution is -2.07. The van der Waals surface area contributed by atoms with E-state index in [1.54, 1.807) is 11.1 Å². The molecule has 3 nitrogen and oxygen atoms in total. The van der Waals surface area contributed by atoms with E-state index in [1.165, 1.54) is 33.5 Å².